The van der Waals surface area contributed by atoms with E-state index in [2.05, 4.69) is 0 Å². The molecule has 1 N–H and O–H groups in total. The van der Waals surface area contributed by atoms with Crippen LogP contribution in [0.3, 0.4) is 0 Å². The normalized spacial score (nSPS) is 12.3. The maximum atomic E-state index is 12.3. The van der Waals surface area contributed by atoms with Gasteiger partial charge in [0.05, 0.1) is 5.56 Å². The third-order valence-corrected chi connectivity index (χ3v) is 3.59. The van der Waals surface area contributed by atoms with Crippen LogP contribution in [0, 0.1) is 0 Å². The third kappa shape index (κ3) is 5.91. The second-order valence-electron chi connectivity index (χ2n) is 5.70. The number of rotatable bonds is 6. The van der Waals surface area contributed by atoms with Gasteiger partial charge in [0.1, 0.15) is 6.54 Å². The van der Waals surface area contributed by atoms with Crippen molar-refractivity contribution in [3.63, 3.8) is 0 Å². The van der Waals surface area contributed by atoms with Gasteiger partial charge in [-0.15, -0.1) is 0 Å². The number of carbonyl (C=O) groups excluding carboxylic acids is 2. The lowest BCUT2D eigenvalue weighted by atomic mass is 10.00. The first-order valence-corrected chi connectivity index (χ1v) is 7.93. The lowest BCUT2D eigenvalue weighted by Gasteiger charge is -2.16. The maximum absolute atomic E-state index is 12.3. The van der Waals surface area contributed by atoms with Crippen molar-refractivity contribution in [2.75, 3.05) is 6.54 Å². The van der Waals surface area contributed by atoms with E-state index in [1.165, 1.54) is 6.92 Å². The van der Waals surface area contributed by atoms with Crippen LogP contribution in [0.15, 0.2) is 54.6 Å². The average Bonchev–Trinajstić information content (AvgIpc) is 2.60. The Balaban J connectivity index is 2.04. The van der Waals surface area contributed by atoms with E-state index in [9.17, 15) is 22.8 Å². The Bertz CT molecular complexity index is 760. The quantitative estimate of drug-likeness (QED) is 0.797. The standard InChI is InChI=1S/C19H18F3NO3/c1-13(17(24)23-12-19(20,21)22)26-18(25)16-10-6-5-9-15(16)11-14-7-3-2-4-8-14/h2-10,13H,11-12H2,1H3,(H,23,24). The Morgan fingerprint density at radius 1 is 1.04 bits per heavy atom. The molecule has 1 unspecified atom stereocenters. The Morgan fingerprint density at radius 3 is 2.31 bits per heavy atom. The predicted octanol–water partition coefficient (Wildman–Crippen LogP) is 3.50. The summed E-state index contributed by atoms with van der Waals surface area (Å²) in [4.78, 5) is 24.0. The van der Waals surface area contributed by atoms with E-state index in [-0.39, 0.29) is 5.56 Å². The summed E-state index contributed by atoms with van der Waals surface area (Å²) in [6.07, 6.45) is -5.38. The second-order valence-corrected chi connectivity index (χ2v) is 5.70. The van der Waals surface area contributed by atoms with Crippen molar-refractivity contribution in [1.82, 2.24) is 5.32 Å². The topological polar surface area (TPSA) is 55.4 Å². The Kier molecular flexibility index (Phi) is 6.38. The molecule has 0 aliphatic heterocycles. The van der Waals surface area contributed by atoms with Gasteiger partial charge in [0.25, 0.3) is 5.91 Å². The highest BCUT2D eigenvalue weighted by Crippen LogP contribution is 2.17. The first kappa shape index (κ1) is 19.5. The van der Waals surface area contributed by atoms with Crippen molar-refractivity contribution >= 4 is 11.9 Å². The summed E-state index contributed by atoms with van der Waals surface area (Å²) >= 11 is 0. The van der Waals surface area contributed by atoms with E-state index < -0.39 is 30.7 Å². The van der Waals surface area contributed by atoms with E-state index in [0.717, 1.165) is 5.56 Å². The molecule has 1 amide bonds. The van der Waals surface area contributed by atoms with Crippen LogP contribution in [-0.2, 0) is 16.0 Å². The Labute approximate surface area is 149 Å². The van der Waals surface area contributed by atoms with E-state index in [1.807, 2.05) is 30.3 Å². The number of benzene rings is 2. The first-order valence-electron chi connectivity index (χ1n) is 7.93. The zero-order chi connectivity index (χ0) is 19.2. The number of esters is 1. The number of amides is 1. The summed E-state index contributed by atoms with van der Waals surface area (Å²) in [5.74, 6) is -1.76. The van der Waals surface area contributed by atoms with Crippen molar-refractivity contribution in [2.45, 2.75) is 25.6 Å². The van der Waals surface area contributed by atoms with Gasteiger partial charge >= 0.3 is 12.1 Å². The van der Waals surface area contributed by atoms with Gasteiger partial charge in [-0.2, -0.15) is 13.2 Å². The molecule has 2 aromatic rings. The van der Waals surface area contributed by atoms with Crippen molar-refractivity contribution in [3.05, 3.63) is 71.3 Å². The number of alkyl halides is 3. The highest BCUT2D eigenvalue weighted by atomic mass is 19.4. The number of nitrogens with one attached hydrogen (secondary N) is 1. The van der Waals surface area contributed by atoms with Crippen molar-refractivity contribution < 1.29 is 27.5 Å². The van der Waals surface area contributed by atoms with Crippen molar-refractivity contribution in [3.8, 4) is 0 Å². The molecule has 26 heavy (non-hydrogen) atoms. The third-order valence-electron chi connectivity index (χ3n) is 3.59. The zero-order valence-electron chi connectivity index (χ0n) is 14.0. The molecule has 1 atom stereocenters. The summed E-state index contributed by atoms with van der Waals surface area (Å²) in [6.45, 7) is -0.248. The molecule has 4 nitrogen and oxygen atoms in total. The molecule has 0 radical (unpaired) electrons. The number of hydrogen-bond donors (Lipinski definition) is 1. The molecule has 2 aromatic carbocycles. The van der Waals surface area contributed by atoms with Gasteiger partial charge < -0.3 is 10.1 Å². The first-order chi connectivity index (χ1) is 12.3. The molecule has 2 rings (SSSR count). The molecule has 0 saturated carbocycles. The Morgan fingerprint density at radius 2 is 1.65 bits per heavy atom. The van der Waals surface area contributed by atoms with Gasteiger partial charge in [0, 0.05) is 0 Å². The summed E-state index contributed by atoms with van der Waals surface area (Å²) in [5.41, 5.74) is 1.96. The van der Waals surface area contributed by atoms with Crippen LogP contribution >= 0.6 is 0 Å². The minimum absolute atomic E-state index is 0.270. The van der Waals surface area contributed by atoms with Gasteiger partial charge in [-0.1, -0.05) is 48.5 Å². The average molecular weight is 365 g/mol. The smallest absolute Gasteiger partial charge is 0.405 e. The Hall–Kier alpha value is -2.83. The molecule has 0 bridgehead atoms. The molecular formula is C19H18F3NO3. The molecule has 0 heterocycles. The fourth-order valence-corrected chi connectivity index (χ4v) is 2.30. The minimum Gasteiger partial charge on any atom is -0.449 e. The molecule has 0 aliphatic rings. The molecular weight excluding hydrogens is 347 g/mol. The van der Waals surface area contributed by atoms with Crippen LogP contribution in [0.1, 0.15) is 28.4 Å². The highest BCUT2D eigenvalue weighted by Gasteiger charge is 2.29. The number of halogens is 3. The van der Waals surface area contributed by atoms with Gasteiger partial charge in [-0.25, -0.2) is 4.79 Å². The summed E-state index contributed by atoms with van der Waals surface area (Å²) in [7, 11) is 0. The molecule has 7 heteroatoms. The molecule has 138 valence electrons. The van der Waals surface area contributed by atoms with Crippen LogP contribution < -0.4 is 5.32 Å². The van der Waals surface area contributed by atoms with E-state index in [0.29, 0.717) is 12.0 Å². The lowest BCUT2D eigenvalue weighted by Crippen LogP contribution is -2.40. The summed E-state index contributed by atoms with van der Waals surface area (Å²) in [6, 6.07) is 16.2. The summed E-state index contributed by atoms with van der Waals surface area (Å²) in [5, 5.41) is 1.69. The van der Waals surface area contributed by atoms with Crippen LogP contribution in [0.5, 0.6) is 0 Å². The molecule has 0 spiro atoms. The molecule has 0 aliphatic carbocycles. The second kappa shape index (κ2) is 8.51. The van der Waals surface area contributed by atoms with Crippen molar-refractivity contribution in [1.29, 1.82) is 0 Å². The number of hydrogen-bond acceptors (Lipinski definition) is 3. The molecule has 0 aromatic heterocycles. The van der Waals surface area contributed by atoms with Gasteiger partial charge in [-0.3, -0.25) is 4.79 Å². The fourth-order valence-electron chi connectivity index (χ4n) is 2.30. The molecule has 0 fully saturated rings. The zero-order valence-corrected chi connectivity index (χ0v) is 14.0. The fraction of sp³-hybridized carbons (Fsp3) is 0.263. The monoisotopic (exact) mass is 365 g/mol. The van der Waals surface area contributed by atoms with E-state index in [4.69, 9.17) is 4.74 Å². The predicted molar refractivity (Wildman–Crippen MR) is 89.6 cm³/mol. The van der Waals surface area contributed by atoms with Gasteiger partial charge in [-0.05, 0) is 30.5 Å². The van der Waals surface area contributed by atoms with Crippen LogP contribution in [0.2, 0.25) is 0 Å². The van der Waals surface area contributed by atoms with Crippen molar-refractivity contribution in [2.24, 2.45) is 0 Å². The van der Waals surface area contributed by atoms with Crippen LogP contribution in [0.4, 0.5) is 13.2 Å². The molecule has 0 saturated heterocycles. The van der Waals surface area contributed by atoms with Gasteiger partial charge in [0.2, 0.25) is 0 Å². The van der Waals surface area contributed by atoms with E-state index in [1.54, 1.807) is 29.6 Å². The SMILES string of the molecule is CC(OC(=O)c1ccccc1Cc1ccccc1)C(=O)NCC(F)(F)F. The number of carbonyl (C=O) groups is 2. The van der Waals surface area contributed by atoms with Gasteiger partial charge in [0.15, 0.2) is 6.10 Å². The number of ether oxygens (including phenoxy) is 1. The highest BCUT2D eigenvalue weighted by molar-refractivity contribution is 5.93. The largest absolute Gasteiger partial charge is 0.449 e. The van der Waals surface area contributed by atoms with Crippen LogP contribution in [0.25, 0.3) is 0 Å². The van der Waals surface area contributed by atoms with Crippen LogP contribution in [-0.4, -0.2) is 30.7 Å². The summed E-state index contributed by atoms with van der Waals surface area (Å²) < 4.78 is 41.5. The maximum Gasteiger partial charge on any atom is 0.405 e. The lowest BCUT2D eigenvalue weighted by molar-refractivity contribution is -0.143. The minimum atomic E-state index is -4.53. The van der Waals surface area contributed by atoms with E-state index >= 15 is 0 Å².